The Kier molecular flexibility index (Phi) is 5.16. The summed E-state index contributed by atoms with van der Waals surface area (Å²) in [7, 11) is 0. The first-order valence-corrected chi connectivity index (χ1v) is 11.4. The minimum atomic E-state index is -3.03. The van der Waals surface area contributed by atoms with Crippen LogP contribution < -0.4 is 5.32 Å². The number of nitrogens with one attached hydrogen (secondary N) is 1. The van der Waals surface area contributed by atoms with Gasteiger partial charge in [0, 0.05) is 34.8 Å². The first-order chi connectivity index (χ1) is 14.8. The summed E-state index contributed by atoms with van der Waals surface area (Å²) < 4.78 is 38.9. The van der Waals surface area contributed by atoms with E-state index in [9.17, 15) is 8.78 Å². The minimum absolute atomic E-state index is 0.000142. The lowest BCUT2D eigenvalue weighted by atomic mass is 9.78. The summed E-state index contributed by atoms with van der Waals surface area (Å²) in [6, 6.07) is 3.24. The second-order valence-electron chi connectivity index (χ2n) is 8.41. The molecule has 0 saturated carbocycles. The molecule has 5 heterocycles. The van der Waals surface area contributed by atoms with E-state index >= 15 is 0 Å². The molecule has 3 atom stereocenters. The van der Waals surface area contributed by atoms with Crippen LogP contribution in [0.1, 0.15) is 47.6 Å². The molecule has 1 N–H and O–H groups in total. The van der Waals surface area contributed by atoms with Gasteiger partial charge in [-0.25, -0.2) is 0 Å². The predicted molar refractivity (Wildman–Crippen MR) is 112 cm³/mol. The van der Waals surface area contributed by atoms with Crippen LogP contribution in [0.4, 0.5) is 8.78 Å². The summed E-state index contributed by atoms with van der Waals surface area (Å²) in [6.45, 7) is 4.73. The van der Waals surface area contributed by atoms with Crippen molar-refractivity contribution in [1.82, 2.24) is 30.1 Å². The Bertz CT molecular complexity index is 1100. The van der Waals surface area contributed by atoms with Gasteiger partial charge in [0.25, 0.3) is 5.92 Å². The van der Waals surface area contributed by atoms with Gasteiger partial charge in [-0.15, -0.1) is 16.4 Å². The average Bonchev–Trinajstić information content (AvgIpc) is 3.44. The predicted octanol–water partition coefficient (Wildman–Crippen LogP) is 4.03. The molecular formula is C20H23ClF2N6OS. The van der Waals surface area contributed by atoms with E-state index in [1.807, 2.05) is 30.8 Å². The van der Waals surface area contributed by atoms with Gasteiger partial charge in [-0.05, 0) is 32.4 Å². The molecule has 166 valence electrons. The lowest BCUT2D eigenvalue weighted by molar-refractivity contribution is -0.183. The second-order valence-corrected chi connectivity index (χ2v) is 10.1. The fourth-order valence-electron chi connectivity index (χ4n) is 4.62. The van der Waals surface area contributed by atoms with Crippen LogP contribution in [0.15, 0.2) is 24.5 Å². The smallest absolute Gasteiger partial charge is 0.297 e. The summed E-state index contributed by atoms with van der Waals surface area (Å²) in [6.07, 6.45) is 4.76. The zero-order chi connectivity index (χ0) is 21.8. The van der Waals surface area contributed by atoms with Gasteiger partial charge in [0.15, 0.2) is 0 Å². The highest BCUT2D eigenvalue weighted by Crippen LogP contribution is 2.54. The molecule has 0 radical (unpaired) electrons. The molecule has 0 unspecified atom stereocenters. The highest BCUT2D eigenvalue weighted by molar-refractivity contribution is 7.16. The fourth-order valence-corrected chi connectivity index (χ4v) is 6.06. The Labute approximate surface area is 187 Å². The van der Waals surface area contributed by atoms with Gasteiger partial charge in [-0.2, -0.15) is 13.9 Å². The van der Waals surface area contributed by atoms with Crippen molar-refractivity contribution < 1.29 is 13.5 Å². The lowest BCUT2D eigenvalue weighted by Crippen LogP contribution is -2.51. The number of aryl methyl sites for hydroxylation is 3. The molecule has 2 aliphatic heterocycles. The fraction of sp³-hybridized carbons (Fsp3) is 0.550. The van der Waals surface area contributed by atoms with E-state index in [-0.39, 0.29) is 17.6 Å². The molecule has 0 aliphatic carbocycles. The number of hydrogen-bond acceptors (Lipinski definition) is 6. The third-order valence-corrected chi connectivity index (χ3v) is 7.53. The quantitative estimate of drug-likeness (QED) is 0.626. The van der Waals surface area contributed by atoms with Crippen molar-refractivity contribution in [3.8, 4) is 0 Å². The van der Waals surface area contributed by atoms with E-state index in [1.165, 1.54) is 17.4 Å². The van der Waals surface area contributed by atoms with Crippen LogP contribution in [-0.2, 0) is 29.3 Å². The third-order valence-electron chi connectivity index (χ3n) is 6.08. The van der Waals surface area contributed by atoms with E-state index in [2.05, 4.69) is 20.7 Å². The van der Waals surface area contributed by atoms with E-state index in [0.717, 1.165) is 11.4 Å². The Balaban J connectivity index is 1.38. The largest absolute Gasteiger partial charge is 0.363 e. The number of aromatic nitrogens is 5. The number of rotatable bonds is 4. The zero-order valence-electron chi connectivity index (χ0n) is 17.2. The van der Waals surface area contributed by atoms with Crippen molar-refractivity contribution in [3.63, 3.8) is 0 Å². The van der Waals surface area contributed by atoms with Gasteiger partial charge >= 0.3 is 0 Å². The normalized spacial score (nSPS) is 27.5. The van der Waals surface area contributed by atoms with Crippen LogP contribution in [0.25, 0.3) is 0 Å². The third kappa shape index (κ3) is 3.79. The number of nitrogens with zero attached hydrogens (tertiary/aromatic N) is 5. The van der Waals surface area contributed by atoms with Crippen LogP contribution in [0.5, 0.6) is 0 Å². The molecular weight excluding hydrogens is 446 g/mol. The number of halogens is 3. The molecule has 5 rings (SSSR count). The Morgan fingerprint density at radius 3 is 2.97 bits per heavy atom. The van der Waals surface area contributed by atoms with Gasteiger partial charge < -0.3 is 10.1 Å². The van der Waals surface area contributed by atoms with Gasteiger partial charge in [-0.3, -0.25) is 9.36 Å². The average molecular weight is 469 g/mol. The molecule has 7 nitrogen and oxygen atoms in total. The maximum absolute atomic E-state index is 14.5. The van der Waals surface area contributed by atoms with Crippen LogP contribution >= 0.6 is 22.9 Å². The van der Waals surface area contributed by atoms with Crippen molar-refractivity contribution in [3.05, 3.63) is 50.7 Å². The summed E-state index contributed by atoms with van der Waals surface area (Å²) in [5.74, 6) is -3.03. The van der Waals surface area contributed by atoms with E-state index in [4.69, 9.17) is 16.3 Å². The van der Waals surface area contributed by atoms with Crippen molar-refractivity contribution in [1.29, 1.82) is 0 Å². The summed E-state index contributed by atoms with van der Waals surface area (Å²) >= 11 is 7.34. The molecule has 1 fully saturated rings. The molecule has 1 saturated heterocycles. The molecule has 11 heteroatoms. The van der Waals surface area contributed by atoms with E-state index in [0.29, 0.717) is 35.1 Å². The number of alkyl halides is 2. The lowest BCUT2D eigenvalue weighted by Gasteiger charge is -2.47. The summed E-state index contributed by atoms with van der Waals surface area (Å²) in [5, 5.41) is 16.4. The maximum Gasteiger partial charge on any atom is 0.297 e. The molecule has 31 heavy (non-hydrogen) atoms. The van der Waals surface area contributed by atoms with Crippen LogP contribution in [0, 0.1) is 6.92 Å². The monoisotopic (exact) mass is 468 g/mol. The topological polar surface area (TPSA) is 69.8 Å². The van der Waals surface area contributed by atoms with Crippen LogP contribution in [0.2, 0.25) is 4.34 Å². The number of ether oxygens (including phenoxy) is 1. The zero-order valence-corrected chi connectivity index (χ0v) is 18.8. The molecule has 3 aromatic heterocycles. The summed E-state index contributed by atoms with van der Waals surface area (Å²) in [4.78, 5) is 0.536. The molecule has 3 aromatic rings. The Hall–Kier alpha value is -1.88. The highest BCUT2D eigenvalue weighted by Gasteiger charge is 2.53. The van der Waals surface area contributed by atoms with Crippen molar-refractivity contribution in [2.24, 2.45) is 0 Å². The SMILES string of the molecule is Cc1ccnn1CCn1cc([C@@H]2C[C@]3(C[C@H](C)N2)OCC(F)(F)c2cc(Cl)sc23)nn1. The maximum atomic E-state index is 14.5. The van der Waals surface area contributed by atoms with Gasteiger partial charge in [-0.1, -0.05) is 16.8 Å². The number of thiophene rings is 1. The Morgan fingerprint density at radius 2 is 2.19 bits per heavy atom. The van der Waals surface area contributed by atoms with Gasteiger partial charge in [0.1, 0.15) is 12.2 Å². The van der Waals surface area contributed by atoms with Crippen molar-refractivity contribution in [2.75, 3.05) is 6.61 Å². The highest BCUT2D eigenvalue weighted by atomic mass is 35.5. The van der Waals surface area contributed by atoms with Gasteiger partial charge in [0.2, 0.25) is 0 Å². The molecule has 0 bridgehead atoms. The number of fused-ring (bicyclic) bond motifs is 2. The molecule has 0 amide bonds. The first kappa shape index (κ1) is 21.0. The minimum Gasteiger partial charge on any atom is -0.363 e. The van der Waals surface area contributed by atoms with Crippen LogP contribution in [-0.4, -0.2) is 37.4 Å². The molecule has 2 aliphatic rings. The van der Waals surface area contributed by atoms with E-state index in [1.54, 1.807) is 10.9 Å². The first-order valence-electron chi connectivity index (χ1n) is 10.2. The number of piperidine rings is 1. The standard InChI is InChI=1S/C20H23ClF2N6OS/c1-12-8-19(18-14(7-17(21)31-18)20(22,23)11-30-19)9-15(25-12)16-10-28(27-26-16)5-6-29-13(2)3-4-24-29/h3-4,7,10,12,15,25H,5-6,8-9,11H2,1-2H3/t12-,15-,19-/m0/s1. The van der Waals surface area contributed by atoms with E-state index < -0.39 is 18.1 Å². The van der Waals surface area contributed by atoms with Gasteiger partial charge in [0.05, 0.1) is 35.4 Å². The van der Waals surface area contributed by atoms with Crippen molar-refractivity contribution >= 4 is 22.9 Å². The van der Waals surface area contributed by atoms with Crippen LogP contribution in [0.3, 0.4) is 0 Å². The second kappa shape index (κ2) is 7.61. The number of hydrogen-bond donors (Lipinski definition) is 1. The van der Waals surface area contributed by atoms with Crippen molar-refractivity contribution in [2.45, 2.75) is 63.4 Å². The Morgan fingerprint density at radius 1 is 1.35 bits per heavy atom. The molecule has 1 spiro atoms. The summed E-state index contributed by atoms with van der Waals surface area (Å²) in [5.41, 5.74) is 1.05. The molecule has 0 aromatic carbocycles.